The first-order valence-corrected chi connectivity index (χ1v) is 22.0. The van der Waals surface area contributed by atoms with E-state index in [1.54, 1.807) is 51.5 Å². The standard InChI is InChI=1S/C28H29N7O4.C24H22N6O2/c1-28(2,3)39-27(36)35(17-18-10-8-7-9-11-18)19-12-21(37-5)26(22(13-19)38-6)20-14-23(34-33-20)32-25-16-30-24(29-4)15-31-25;1-25-22-14-27-23(15-26-22)28-21-13-18(29-30-21)24-19(31-2)11-17(12-20(24)32-3)10-9-16-7-5-4-6-8-16/h7-16H,17H2,1-3,5-6H3,(H2,31,32,33,34);4-8,11-15H,9-10H2,2-3H3,(H2,27,28,29,30). The highest BCUT2D eigenvalue weighted by Gasteiger charge is 2.27. The summed E-state index contributed by atoms with van der Waals surface area (Å²) in [5.41, 5.74) is 5.94. The van der Waals surface area contributed by atoms with Crippen LogP contribution in [0.1, 0.15) is 37.5 Å². The van der Waals surface area contributed by atoms with Crippen molar-refractivity contribution >= 4 is 46.7 Å². The second-order valence-electron chi connectivity index (χ2n) is 16.5. The Kier molecular flexibility index (Phi) is 16.0. The van der Waals surface area contributed by atoms with Crippen LogP contribution in [-0.2, 0) is 24.1 Å². The predicted molar refractivity (Wildman–Crippen MR) is 270 cm³/mol. The Morgan fingerprint density at radius 3 is 1.42 bits per heavy atom. The number of hydrogen-bond donors (Lipinski definition) is 4. The fraction of sp³-hybridized carbons (Fsp3) is 0.212. The van der Waals surface area contributed by atoms with E-state index in [4.69, 9.17) is 36.8 Å². The van der Waals surface area contributed by atoms with Crippen LogP contribution in [0.15, 0.2) is 122 Å². The van der Waals surface area contributed by atoms with E-state index >= 15 is 0 Å². The third kappa shape index (κ3) is 12.9. The molecule has 0 unspecified atom stereocenters. The first-order valence-electron chi connectivity index (χ1n) is 22.0. The maximum Gasteiger partial charge on any atom is 0.415 e. The number of rotatable bonds is 16. The number of nitrogens with one attached hydrogen (secondary N) is 4. The van der Waals surface area contributed by atoms with E-state index in [0.29, 0.717) is 63.2 Å². The van der Waals surface area contributed by atoms with Crippen molar-refractivity contribution in [1.82, 2.24) is 40.3 Å². The molecule has 0 atom stereocenters. The van der Waals surface area contributed by atoms with Gasteiger partial charge in [-0.25, -0.2) is 14.8 Å². The van der Waals surface area contributed by atoms with Crippen LogP contribution in [0.3, 0.4) is 0 Å². The molecule has 19 heteroatoms. The summed E-state index contributed by atoms with van der Waals surface area (Å²) in [7, 11) is 6.37. The quantitative estimate of drug-likeness (QED) is 0.0665. The van der Waals surface area contributed by atoms with Crippen molar-refractivity contribution in [2.45, 2.75) is 45.8 Å². The van der Waals surface area contributed by atoms with Crippen LogP contribution in [0.5, 0.6) is 23.0 Å². The summed E-state index contributed by atoms with van der Waals surface area (Å²) < 4.78 is 28.6. The molecule has 4 aromatic carbocycles. The third-order valence-corrected chi connectivity index (χ3v) is 10.4. The molecule has 19 nitrogen and oxygen atoms in total. The van der Waals surface area contributed by atoms with Gasteiger partial charge in [-0.1, -0.05) is 73.8 Å². The number of aryl methyl sites for hydroxylation is 2. The Morgan fingerprint density at radius 1 is 0.577 bits per heavy atom. The van der Waals surface area contributed by atoms with Crippen LogP contribution in [0.4, 0.5) is 45.4 Å². The molecule has 0 saturated carbocycles. The third-order valence-electron chi connectivity index (χ3n) is 10.4. The highest BCUT2D eigenvalue weighted by atomic mass is 16.6. The minimum absolute atomic E-state index is 0.200. The van der Waals surface area contributed by atoms with Crippen LogP contribution >= 0.6 is 0 Å². The van der Waals surface area contributed by atoms with Gasteiger partial charge in [-0.15, -0.1) is 9.97 Å². The van der Waals surface area contributed by atoms with Gasteiger partial charge in [0.15, 0.2) is 35.7 Å². The van der Waals surface area contributed by atoms with Crippen LogP contribution in [0, 0.1) is 13.1 Å². The van der Waals surface area contributed by atoms with Gasteiger partial charge < -0.3 is 44.0 Å². The van der Waals surface area contributed by atoms with E-state index in [0.717, 1.165) is 35.2 Å². The lowest BCUT2D eigenvalue weighted by Crippen LogP contribution is -2.36. The van der Waals surface area contributed by atoms with Crippen molar-refractivity contribution in [2.75, 3.05) is 44.0 Å². The number of anilines is 5. The second kappa shape index (κ2) is 23.0. The van der Waals surface area contributed by atoms with E-state index in [1.807, 2.05) is 87.5 Å². The van der Waals surface area contributed by atoms with Crippen LogP contribution in [0.25, 0.3) is 32.2 Å². The minimum Gasteiger partial charge on any atom is -0.496 e. The molecule has 4 aromatic heterocycles. The molecule has 71 heavy (non-hydrogen) atoms. The number of aromatic amines is 2. The van der Waals surface area contributed by atoms with Gasteiger partial charge in [0.05, 0.1) is 75.6 Å². The number of amides is 1. The van der Waals surface area contributed by atoms with Gasteiger partial charge in [0, 0.05) is 24.3 Å². The molecule has 8 aromatic rings. The van der Waals surface area contributed by atoms with E-state index in [9.17, 15) is 4.79 Å². The number of aromatic nitrogens is 8. The van der Waals surface area contributed by atoms with Crippen molar-refractivity contribution in [3.63, 3.8) is 0 Å². The van der Waals surface area contributed by atoms with Crippen LogP contribution < -0.4 is 34.5 Å². The Morgan fingerprint density at radius 2 is 1.01 bits per heavy atom. The highest BCUT2D eigenvalue weighted by molar-refractivity contribution is 5.91. The first-order chi connectivity index (χ1) is 34.4. The topological polar surface area (TPSA) is 208 Å². The molecule has 0 aliphatic heterocycles. The lowest BCUT2D eigenvalue weighted by atomic mass is 10.0. The molecule has 0 aliphatic rings. The molecule has 0 saturated heterocycles. The van der Waals surface area contributed by atoms with Crippen LogP contribution in [-0.4, -0.2) is 80.5 Å². The maximum absolute atomic E-state index is 13.3. The SMILES string of the molecule is [C-]#[N+]c1cnc(Nc2cc(-c3c(OC)cc(CCc4ccccc4)cc3OC)[nH]n2)cn1.[C-]#[N+]c1cnc(Nc2cc(-c3c(OC)cc(N(Cc4ccccc4)C(=O)OC(C)(C)C)cc3OC)[nH]n2)cn1. The Bertz CT molecular complexity index is 3070. The smallest absolute Gasteiger partial charge is 0.415 e. The zero-order valence-corrected chi connectivity index (χ0v) is 40.1. The summed E-state index contributed by atoms with van der Waals surface area (Å²) >= 11 is 0. The molecule has 4 heterocycles. The van der Waals surface area contributed by atoms with Crippen molar-refractivity contribution in [3.05, 3.63) is 161 Å². The van der Waals surface area contributed by atoms with E-state index in [-0.39, 0.29) is 18.2 Å². The average molecular weight is 954 g/mol. The zero-order valence-electron chi connectivity index (χ0n) is 40.1. The Labute approximate surface area is 410 Å². The van der Waals surface area contributed by atoms with Crippen molar-refractivity contribution in [2.24, 2.45) is 0 Å². The Balaban J connectivity index is 0.000000213. The summed E-state index contributed by atoms with van der Waals surface area (Å²) in [6.45, 7) is 19.7. The molecule has 0 aliphatic carbocycles. The molecular formula is C52H51N13O6. The van der Waals surface area contributed by atoms with E-state index < -0.39 is 11.7 Å². The summed E-state index contributed by atoms with van der Waals surface area (Å²) in [5, 5.41) is 20.7. The average Bonchev–Trinajstić information content (AvgIpc) is 4.06. The minimum atomic E-state index is -0.680. The molecular weight excluding hydrogens is 903 g/mol. The number of ether oxygens (including phenoxy) is 5. The van der Waals surface area contributed by atoms with Gasteiger partial charge >= 0.3 is 6.09 Å². The number of carbonyl (C=O) groups excluding carboxylic acids is 1. The first kappa shape index (κ1) is 49.4. The number of methoxy groups -OCH3 is 4. The number of nitrogens with zero attached hydrogens (tertiary/aromatic N) is 9. The molecule has 0 bridgehead atoms. The van der Waals surface area contributed by atoms with Gasteiger partial charge in [-0.05, 0) is 62.4 Å². The monoisotopic (exact) mass is 953 g/mol. The van der Waals surface area contributed by atoms with Gasteiger partial charge in [-0.2, -0.15) is 10.2 Å². The fourth-order valence-corrected chi connectivity index (χ4v) is 7.15. The number of carbonyl (C=O) groups is 1. The van der Waals surface area contributed by atoms with Crippen molar-refractivity contribution in [1.29, 1.82) is 0 Å². The second-order valence-corrected chi connectivity index (χ2v) is 16.5. The largest absolute Gasteiger partial charge is 0.496 e. The van der Waals surface area contributed by atoms with Gasteiger partial charge in [0.1, 0.15) is 28.6 Å². The van der Waals surface area contributed by atoms with E-state index in [1.165, 1.54) is 30.4 Å². The van der Waals surface area contributed by atoms with Crippen LogP contribution in [0.2, 0.25) is 0 Å². The number of H-pyrrole nitrogens is 2. The van der Waals surface area contributed by atoms with E-state index in [2.05, 4.69) is 72.8 Å². The lowest BCUT2D eigenvalue weighted by Gasteiger charge is -2.28. The number of hydrogen-bond acceptors (Lipinski definition) is 14. The molecule has 360 valence electrons. The molecule has 0 spiro atoms. The normalized spacial score (nSPS) is 10.7. The molecule has 8 rings (SSSR count). The van der Waals surface area contributed by atoms with Gasteiger partial charge in [0.2, 0.25) is 0 Å². The molecule has 0 fully saturated rings. The molecule has 0 radical (unpaired) electrons. The summed E-state index contributed by atoms with van der Waals surface area (Å²) in [5.74, 6) is 4.71. The molecule has 4 N–H and O–H groups in total. The maximum atomic E-state index is 13.3. The predicted octanol–water partition coefficient (Wildman–Crippen LogP) is 11.1. The van der Waals surface area contributed by atoms with Crippen molar-refractivity contribution in [3.8, 4) is 45.5 Å². The van der Waals surface area contributed by atoms with Gasteiger partial charge in [-0.3, -0.25) is 15.1 Å². The fourth-order valence-electron chi connectivity index (χ4n) is 7.15. The molecule has 1 amide bonds. The number of benzene rings is 4. The van der Waals surface area contributed by atoms with Gasteiger partial charge in [0.25, 0.3) is 11.6 Å². The zero-order chi connectivity index (χ0) is 50.3. The summed E-state index contributed by atoms with van der Waals surface area (Å²) in [4.78, 5) is 37.7. The Hall–Kier alpha value is -9.49. The van der Waals surface area contributed by atoms with Crippen molar-refractivity contribution < 1.29 is 28.5 Å². The highest BCUT2D eigenvalue weighted by Crippen LogP contribution is 2.43. The lowest BCUT2D eigenvalue weighted by molar-refractivity contribution is 0.0577. The summed E-state index contributed by atoms with van der Waals surface area (Å²) in [6.07, 6.45) is 7.02. The summed E-state index contributed by atoms with van der Waals surface area (Å²) in [6, 6.07) is 31.2.